The van der Waals surface area contributed by atoms with Gasteiger partial charge in [-0.2, -0.15) is 5.10 Å². The van der Waals surface area contributed by atoms with E-state index in [1.807, 2.05) is 18.2 Å². The van der Waals surface area contributed by atoms with Crippen LogP contribution in [-0.2, 0) is 0 Å². The van der Waals surface area contributed by atoms with Crippen LogP contribution in [0.25, 0.3) is 0 Å². The van der Waals surface area contributed by atoms with Crippen molar-refractivity contribution in [3.8, 4) is 5.75 Å². The average molecular weight is 351 g/mol. The molecule has 0 saturated carbocycles. The van der Waals surface area contributed by atoms with E-state index in [0.29, 0.717) is 5.82 Å². The van der Waals surface area contributed by atoms with E-state index in [2.05, 4.69) is 31.4 Å². The van der Waals surface area contributed by atoms with Gasteiger partial charge in [-0.15, -0.1) is 0 Å². The van der Waals surface area contributed by atoms with Gasteiger partial charge >= 0.3 is 0 Å². The fourth-order valence-corrected chi connectivity index (χ4v) is 2.05. The molecule has 1 aromatic carbocycles. The molecule has 0 aliphatic heterocycles. The van der Waals surface area contributed by atoms with Crippen LogP contribution in [-0.4, -0.2) is 23.2 Å². The molecule has 108 valence electrons. The Morgan fingerprint density at radius 1 is 1.43 bits per heavy atom. The van der Waals surface area contributed by atoms with Crippen molar-refractivity contribution in [2.24, 2.45) is 5.10 Å². The van der Waals surface area contributed by atoms with E-state index in [-0.39, 0.29) is 5.69 Å². The number of hydrogen-bond donors (Lipinski definition) is 1. The smallest absolute Gasteiger partial charge is 0.287 e. The van der Waals surface area contributed by atoms with Gasteiger partial charge in [0.2, 0.25) is 0 Å². The summed E-state index contributed by atoms with van der Waals surface area (Å²) in [6, 6.07) is 8.36. The first-order chi connectivity index (χ1) is 10.1. The van der Waals surface area contributed by atoms with Crippen LogP contribution < -0.4 is 10.2 Å². The molecule has 7 nitrogen and oxygen atoms in total. The second kappa shape index (κ2) is 6.80. The summed E-state index contributed by atoms with van der Waals surface area (Å²) in [4.78, 5) is 13.9. The van der Waals surface area contributed by atoms with Crippen molar-refractivity contribution < 1.29 is 9.66 Å². The first kappa shape index (κ1) is 14.9. The van der Waals surface area contributed by atoms with Crippen molar-refractivity contribution >= 4 is 33.6 Å². The van der Waals surface area contributed by atoms with E-state index in [1.54, 1.807) is 13.3 Å². The van der Waals surface area contributed by atoms with Crippen LogP contribution in [0.4, 0.5) is 11.5 Å². The van der Waals surface area contributed by atoms with Crippen LogP contribution in [0.3, 0.4) is 0 Å². The Bertz CT molecular complexity index is 674. The van der Waals surface area contributed by atoms with Crippen molar-refractivity contribution in [3.63, 3.8) is 0 Å². The van der Waals surface area contributed by atoms with Gasteiger partial charge in [-0.05, 0) is 45.8 Å². The van der Waals surface area contributed by atoms with Gasteiger partial charge in [0.1, 0.15) is 17.8 Å². The summed E-state index contributed by atoms with van der Waals surface area (Å²) in [5.41, 5.74) is 3.49. The summed E-state index contributed by atoms with van der Waals surface area (Å²) in [6.07, 6.45) is 2.77. The molecule has 2 aromatic rings. The quantitative estimate of drug-likeness (QED) is 0.508. The highest BCUT2D eigenvalue weighted by molar-refractivity contribution is 9.10. The maximum absolute atomic E-state index is 10.5. The standard InChI is InChI=1S/C13H11BrN4O3/c1-21-12-4-2-9(6-11(12)14)7-16-17-13-5-3-10(8-15-13)18(19)20/h2-8H,1H3,(H,15,17)/b16-7+. The molecule has 0 radical (unpaired) electrons. The molecule has 0 fully saturated rings. The number of rotatable bonds is 5. The van der Waals surface area contributed by atoms with E-state index >= 15 is 0 Å². The molecule has 0 unspecified atom stereocenters. The Balaban J connectivity index is 2.01. The van der Waals surface area contributed by atoms with Gasteiger partial charge in [-0.25, -0.2) is 4.98 Å². The Hall–Kier alpha value is -2.48. The summed E-state index contributed by atoms with van der Waals surface area (Å²) in [5, 5.41) is 14.5. The zero-order valence-corrected chi connectivity index (χ0v) is 12.6. The number of benzene rings is 1. The molecule has 0 bridgehead atoms. The topological polar surface area (TPSA) is 89.6 Å². The van der Waals surface area contributed by atoms with Gasteiger partial charge in [0.15, 0.2) is 0 Å². The highest BCUT2D eigenvalue weighted by atomic mass is 79.9. The molecule has 0 spiro atoms. The van der Waals surface area contributed by atoms with Crippen molar-refractivity contribution in [1.29, 1.82) is 0 Å². The molecule has 1 aromatic heterocycles. The van der Waals surface area contributed by atoms with E-state index in [9.17, 15) is 10.1 Å². The summed E-state index contributed by atoms with van der Waals surface area (Å²) in [7, 11) is 1.59. The fourth-order valence-electron chi connectivity index (χ4n) is 1.50. The zero-order valence-electron chi connectivity index (χ0n) is 11.0. The van der Waals surface area contributed by atoms with Gasteiger partial charge in [0.25, 0.3) is 5.69 Å². The number of nitro groups is 1. The van der Waals surface area contributed by atoms with Gasteiger partial charge < -0.3 is 4.74 Å². The van der Waals surface area contributed by atoms with Crippen LogP contribution in [0.2, 0.25) is 0 Å². The van der Waals surface area contributed by atoms with Crippen LogP contribution in [0.15, 0.2) is 46.1 Å². The molecule has 8 heteroatoms. The highest BCUT2D eigenvalue weighted by Crippen LogP contribution is 2.24. The van der Waals surface area contributed by atoms with Crippen molar-refractivity contribution in [2.75, 3.05) is 12.5 Å². The maximum atomic E-state index is 10.5. The second-order valence-electron chi connectivity index (χ2n) is 3.92. The van der Waals surface area contributed by atoms with E-state index in [4.69, 9.17) is 4.74 Å². The van der Waals surface area contributed by atoms with E-state index in [1.165, 1.54) is 18.3 Å². The fraction of sp³-hybridized carbons (Fsp3) is 0.0769. The number of hydrazone groups is 1. The van der Waals surface area contributed by atoms with E-state index < -0.39 is 4.92 Å². The molecule has 0 atom stereocenters. The number of ether oxygens (including phenoxy) is 1. The third-order valence-electron chi connectivity index (χ3n) is 2.53. The number of nitrogens with one attached hydrogen (secondary N) is 1. The summed E-state index contributed by atoms with van der Waals surface area (Å²) < 4.78 is 5.95. The lowest BCUT2D eigenvalue weighted by molar-refractivity contribution is -0.385. The van der Waals surface area contributed by atoms with Gasteiger partial charge in [0.05, 0.1) is 22.7 Å². The summed E-state index contributed by atoms with van der Waals surface area (Å²) in [6.45, 7) is 0. The minimum atomic E-state index is -0.505. The van der Waals surface area contributed by atoms with Gasteiger partial charge in [-0.1, -0.05) is 0 Å². The Morgan fingerprint density at radius 3 is 2.81 bits per heavy atom. The molecule has 1 heterocycles. The Labute approximate surface area is 128 Å². The lowest BCUT2D eigenvalue weighted by Gasteiger charge is -2.03. The zero-order chi connectivity index (χ0) is 15.2. The second-order valence-corrected chi connectivity index (χ2v) is 4.78. The minimum Gasteiger partial charge on any atom is -0.496 e. The SMILES string of the molecule is COc1ccc(/C=N/Nc2ccc([N+](=O)[O-])cn2)cc1Br. The minimum absolute atomic E-state index is 0.0661. The lowest BCUT2D eigenvalue weighted by atomic mass is 10.2. The monoisotopic (exact) mass is 350 g/mol. The molecular weight excluding hydrogens is 340 g/mol. The number of halogens is 1. The van der Waals surface area contributed by atoms with Crippen molar-refractivity contribution in [1.82, 2.24) is 4.98 Å². The van der Waals surface area contributed by atoms with Gasteiger partial charge in [0, 0.05) is 6.07 Å². The first-order valence-corrected chi connectivity index (χ1v) is 6.62. The van der Waals surface area contributed by atoms with E-state index in [0.717, 1.165) is 15.8 Å². The number of nitrogens with zero attached hydrogens (tertiary/aromatic N) is 3. The number of pyridine rings is 1. The third kappa shape index (κ3) is 3.99. The molecule has 21 heavy (non-hydrogen) atoms. The maximum Gasteiger partial charge on any atom is 0.287 e. The van der Waals surface area contributed by atoms with Crippen LogP contribution in [0.5, 0.6) is 5.75 Å². The number of anilines is 1. The van der Waals surface area contributed by atoms with Crippen molar-refractivity contribution in [2.45, 2.75) is 0 Å². The predicted octanol–water partition coefficient (Wildman–Crippen LogP) is 3.21. The molecule has 2 rings (SSSR count). The molecular formula is C13H11BrN4O3. The first-order valence-electron chi connectivity index (χ1n) is 5.83. The molecule has 1 N–H and O–H groups in total. The predicted molar refractivity (Wildman–Crippen MR) is 82.8 cm³/mol. The Kier molecular flexibility index (Phi) is 4.83. The summed E-state index contributed by atoms with van der Waals surface area (Å²) in [5.74, 6) is 1.15. The summed E-state index contributed by atoms with van der Waals surface area (Å²) >= 11 is 3.38. The normalized spacial score (nSPS) is 10.6. The molecule has 0 aliphatic carbocycles. The number of hydrogen-bond acceptors (Lipinski definition) is 6. The van der Waals surface area contributed by atoms with Crippen LogP contribution in [0, 0.1) is 10.1 Å². The largest absolute Gasteiger partial charge is 0.496 e. The molecule has 0 amide bonds. The molecule has 0 aliphatic rings. The number of methoxy groups -OCH3 is 1. The highest BCUT2D eigenvalue weighted by Gasteiger charge is 2.04. The number of aromatic nitrogens is 1. The lowest BCUT2D eigenvalue weighted by Crippen LogP contribution is -1.95. The Morgan fingerprint density at radius 2 is 2.24 bits per heavy atom. The van der Waals surface area contributed by atoms with Crippen molar-refractivity contribution in [3.05, 3.63) is 56.7 Å². The van der Waals surface area contributed by atoms with Gasteiger partial charge in [-0.3, -0.25) is 15.5 Å². The molecule has 0 saturated heterocycles. The van der Waals surface area contributed by atoms with Crippen LogP contribution in [0.1, 0.15) is 5.56 Å². The average Bonchev–Trinajstić information content (AvgIpc) is 2.48. The van der Waals surface area contributed by atoms with Crippen LogP contribution >= 0.6 is 15.9 Å². The third-order valence-corrected chi connectivity index (χ3v) is 3.15.